The van der Waals surface area contributed by atoms with Crippen molar-refractivity contribution in [2.24, 2.45) is 10.2 Å². The first-order valence-electron chi connectivity index (χ1n) is 7.37. The highest BCUT2D eigenvalue weighted by molar-refractivity contribution is 6.31. The number of nitrogens with one attached hydrogen (secondary N) is 1. The summed E-state index contributed by atoms with van der Waals surface area (Å²) in [4.78, 5) is 8.90. The van der Waals surface area contributed by atoms with Crippen molar-refractivity contribution in [3.63, 3.8) is 0 Å². The third kappa shape index (κ3) is 7.34. The molecule has 1 heterocycles. The van der Waals surface area contributed by atoms with Gasteiger partial charge in [-0.1, -0.05) is 17.7 Å². The number of hydrogen-bond acceptors (Lipinski definition) is 4. The average molecular weight is 460 g/mol. The maximum Gasteiger partial charge on any atom is 0.490 e. The van der Waals surface area contributed by atoms with Crippen molar-refractivity contribution in [1.29, 1.82) is 0 Å². The van der Waals surface area contributed by atoms with Crippen LogP contribution in [0.25, 0.3) is 0 Å². The molecule has 0 saturated carbocycles. The number of aliphatic carboxylic acids is 1. The third-order valence-corrected chi connectivity index (χ3v) is 3.67. The Balaban J connectivity index is 0.000000516. The van der Waals surface area contributed by atoms with E-state index in [1.165, 1.54) is 6.07 Å². The van der Waals surface area contributed by atoms with Gasteiger partial charge >= 0.3 is 24.5 Å². The largest absolute Gasteiger partial charge is 0.490 e. The summed E-state index contributed by atoms with van der Waals surface area (Å²) >= 11 is 5.54. The molecule has 1 aliphatic rings. The maximum absolute atomic E-state index is 12.5. The molecule has 0 unspecified atom stereocenters. The molecule has 1 aromatic rings. The Labute approximate surface area is 161 Å². The standard InChI is InChI=1S/C12H10ClF6N3.C2HF3O2/c13-9-5-7(1-2-8(9)11(14,15)16)6-20-4-3-10(21-22-10)12(17,18)19;3-2(4,5)1(6)7/h1-2,5,20H,3-4,6H2;(H,6,7). The van der Waals surface area contributed by atoms with Crippen molar-refractivity contribution in [3.05, 3.63) is 34.3 Å². The molecule has 0 fully saturated rings. The second kappa shape index (κ2) is 8.73. The predicted octanol–water partition coefficient (Wildman–Crippen LogP) is 5.20. The third-order valence-electron chi connectivity index (χ3n) is 3.36. The van der Waals surface area contributed by atoms with Crippen LogP contribution in [0.5, 0.6) is 0 Å². The van der Waals surface area contributed by atoms with E-state index >= 15 is 0 Å². The molecule has 5 nitrogen and oxygen atoms in total. The normalized spacial score (nSPS) is 15.5. The van der Waals surface area contributed by atoms with Crippen molar-refractivity contribution in [2.45, 2.75) is 37.2 Å². The first-order valence-corrected chi connectivity index (χ1v) is 7.74. The van der Waals surface area contributed by atoms with E-state index in [2.05, 4.69) is 15.5 Å². The van der Waals surface area contributed by atoms with Gasteiger partial charge in [0, 0.05) is 19.5 Å². The van der Waals surface area contributed by atoms with Crippen molar-refractivity contribution in [1.82, 2.24) is 5.32 Å². The fourth-order valence-electron chi connectivity index (χ4n) is 1.81. The molecule has 1 aliphatic heterocycles. The Hall–Kier alpha value is -2.09. The van der Waals surface area contributed by atoms with Gasteiger partial charge < -0.3 is 10.4 Å². The number of carbonyl (C=O) groups is 1. The topological polar surface area (TPSA) is 74.0 Å². The molecular formula is C14H11ClF9N3O2. The molecular weight excluding hydrogens is 449 g/mol. The number of hydrogen-bond donors (Lipinski definition) is 2. The van der Waals surface area contributed by atoms with Gasteiger partial charge in [0.05, 0.1) is 10.6 Å². The van der Waals surface area contributed by atoms with E-state index in [0.29, 0.717) is 5.56 Å². The molecule has 0 atom stereocenters. The van der Waals surface area contributed by atoms with Crippen LogP contribution in [0.15, 0.2) is 28.4 Å². The second-order valence-corrected chi connectivity index (χ2v) is 5.96. The smallest absolute Gasteiger partial charge is 0.475 e. The van der Waals surface area contributed by atoms with Crippen LogP contribution in [0, 0.1) is 0 Å². The molecule has 29 heavy (non-hydrogen) atoms. The Morgan fingerprint density at radius 2 is 1.59 bits per heavy atom. The van der Waals surface area contributed by atoms with Gasteiger partial charge in [-0.3, -0.25) is 0 Å². The second-order valence-electron chi connectivity index (χ2n) is 5.56. The van der Waals surface area contributed by atoms with Crippen molar-refractivity contribution in [2.75, 3.05) is 6.54 Å². The zero-order valence-corrected chi connectivity index (χ0v) is 14.6. The predicted molar refractivity (Wildman–Crippen MR) is 80.1 cm³/mol. The van der Waals surface area contributed by atoms with Crippen LogP contribution in [0.2, 0.25) is 5.02 Å². The monoisotopic (exact) mass is 459 g/mol. The molecule has 2 rings (SSSR count). The van der Waals surface area contributed by atoms with Crippen LogP contribution in [0.4, 0.5) is 39.5 Å². The molecule has 0 amide bonds. The Morgan fingerprint density at radius 3 is 1.93 bits per heavy atom. The SMILES string of the molecule is FC(F)(F)c1ccc(CNCCC2(C(F)(F)F)N=N2)cc1Cl.O=C(O)C(F)(F)F. The lowest BCUT2D eigenvalue weighted by molar-refractivity contribution is -0.192. The molecule has 164 valence electrons. The van der Waals surface area contributed by atoms with Crippen LogP contribution >= 0.6 is 11.6 Å². The first-order chi connectivity index (χ1) is 13.0. The summed E-state index contributed by atoms with van der Waals surface area (Å²) < 4.78 is 107. The summed E-state index contributed by atoms with van der Waals surface area (Å²) in [5.41, 5.74) is -2.84. The summed E-state index contributed by atoms with van der Waals surface area (Å²) in [5.74, 6) is -2.76. The van der Waals surface area contributed by atoms with Crippen molar-refractivity contribution < 1.29 is 49.4 Å². The average Bonchev–Trinajstić information content (AvgIpc) is 3.31. The van der Waals surface area contributed by atoms with E-state index < -0.39 is 40.7 Å². The highest BCUT2D eigenvalue weighted by Gasteiger charge is 2.63. The fourth-order valence-corrected chi connectivity index (χ4v) is 2.12. The highest BCUT2D eigenvalue weighted by Crippen LogP contribution is 2.46. The minimum absolute atomic E-state index is 0.0366. The van der Waals surface area contributed by atoms with Crippen LogP contribution < -0.4 is 5.32 Å². The van der Waals surface area contributed by atoms with Gasteiger partial charge in [-0.15, -0.1) is 10.2 Å². The molecule has 2 N–H and O–H groups in total. The van der Waals surface area contributed by atoms with E-state index in [0.717, 1.165) is 12.1 Å². The Morgan fingerprint density at radius 1 is 1.07 bits per heavy atom. The molecule has 1 aromatic carbocycles. The zero-order chi connectivity index (χ0) is 22.7. The van der Waals surface area contributed by atoms with Crippen LogP contribution in [-0.4, -0.2) is 35.6 Å². The van der Waals surface area contributed by atoms with Gasteiger partial charge in [0.25, 0.3) is 5.66 Å². The van der Waals surface area contributed by atoms with Gasteiger partial charge in [0.2, 0.25) is 0 Å². The molecule has 0 aromatic heterocycles. The minimum Gasteiger partial charge on any atom is -0.475 e. The lowest BCUT2D eigenvalue weighted by Crippen LogP contribution is -2.35. The van der Waals surface area contributed by atoms with Gasteiger partial charge in [-0.25, -0.2) is 4.79 Å². The van der Waals surface area contributed by atoms with E-state index in [9.17, 15) is 39.5 Å². The highest BCUT2D eigenvalue weighted by atomic mass is 35.5. The molecule has 0 radical (unpaired) electrons. The van der Waals surface area contributed by atoms with Crippen LogP contribution in [-0.2, 0) is 17.5 Å². The summed E-state index contributed by atoms with van der Waals surface area (Å²) in [6.45, 7) is 0.0525. The number of halogens is 10. The first kappa shape index (κ1) is 24.9. The maximum atomic E-state index is 12.5. The van der Waals surface area contributed by atoms with Gasteiger partial charge in [0.1, 0.15) is 0 Å². The summed E-state index contributed by atoms with van der Waals surface area (Å²) in [6.07, 6.45) is -14.5. The van der Waals surface area contributed by atoms with Crippen molar-refractivity contribution in [3.8, 4) is 0 Å². The Kier molecular flexibility index (Phi) is 7.51. The molecule has 0 bridgehead atoms. The number of carboxylic acid groups (broad SMARTS) is 1. The Bertz CT molecular complexity index is 754. The van der Waals surface area contributed by atoms with Crippen LogP contribution in [0.1, 0.15) is 17.5 Å². The molecule has 0 spiro atoms. The number of nitrogens with zero attached hydrogens (tertiary/aromatic N) is 2. The molecule has 15 heteroatoms. The number of rotatable bonds is 5. The van der Waals surface area contributed by atoms with E-state index in [-0.39, 0.29) is 19.5 Å². The number of benzene rings is 1. The van der Waals surface area contributed by atoms with Gasteiger partial charge in [0.15, 0.2) is 0 Å². The lowest BCUT2D eigenvalue weighted by Gasteiger charge is -2.15. The van der Waals surface area contributed by atoms with Crippen molar-refractivity contribution >= 4 is 17.6 Å². The van der Waals surface area contributed by atoms with E-state index in [1.54, 1.807) is 0 Å². The minimum atomic E-state index is -5.08. The lowest BCUT2D eigenvalue weighted by atomic mass is 10.1. The quantitative estimate of drug-likeness (QED) is 0.470. The zero-order valence-electron chi connectivity index (χ0n) is 13.9. The fraction of sp³-hybridized carbons (Fsp3) is 0.500. The summed E-state index contributed by atoms with van der Waals surface area (Å²) in [5, 5.41) is 15.4. The van der Waals surface area contributed by atoms with Crippen LogP contribution in [0.3, 0.4) is 0 Å². The number of alkyl halides is 9. The molecule has 0 aliphatic carbocycles. The number of carboxylic acids is 1. The van der Waals surface area contributed by atoms with E-state index in [4.69, 9.17) is 21.5 Å². The van der Waals surface area contributed by atoms with E-state index in [1.807, 2.05) is 0 Å². The summed E-state index contributed by atoms with van der Waals surface area (Å²) in [7, 11) is 0. The van der Waals surface area contributed by atoms with Gasteiger partial charge in [-0.05, 0) is 17.7 Å². The van der Waals surface area contributed by atoms with Gasteiger partial charge in [-0.2, -0.15) is 39.5 Å². The summed E-state index contributed by atoms with van der Waals surface area (Å²) in [6, 6.07) is 3.18. The molecule has 0 saturated heterocycles.